The van der Waals surface area contributed by atoms with Gasteiger partial charge in [-0.25, -0.2) is 0 Å². The van der Waals surface area contributed by atoms with E-state index in [4.69, 9.17) is 0 Å². The SMILES string of the molecule is CSC.CSc1ccccc1.Cc1ccccc1. The zero-order valence-electron chi connectivity index (χ0n) is 11.6. The maximum Gasteiger partial charge on any atom is 0.00691 e. The first-order chi connectivity index (χ1) is 8.74. The van der Waals surface area contributed by atoms with Crippen LogP contribution in [0.3, 0.4) is 0 Å². The van der Waals surface area contributed by atoms with Crippen LogP contribution in [0.1, 0.15) is 5.56 Å². The van der Waals surface area contributed by atoms with Gasteiger partial charge in [0.1, 0.15) is 0 Å². The molecule has 98 valence electrons. The van der Waals surface area contributed by atoms with Gasteiger partial charge in [-0.05, 0) is 37.8 Å². The van der Waals surface area contributed by atoms with Crippen molar-refractivity contribution in [2.45, 2.75) is 11.8 Å². The molecule has 18 heavy (non-hydrogen) atoms. The van der Waals surface area contributed by atoms with E-state index in [0.717, 1.165) is 0 Å². The molecule has 0 N–H and O–H groups in total. The van der Waals surface area contributed by atoms with E-state index in [-0.39, 0.29) is 0 Å². The Bertz CT molecular complexity index is 371. The summed E-state index contributed by atoms with van der Waals surface area (Å²) in [6.45, 7) is 2.08. The van der Waals surface area contributed by atoms with Crippen LogP contribution in [0.15, 0.2) is 65.6 Å². The van der Waals surface area contributed by atoms with Crippen molar-refractivity contribution in [1.29, 1.82) is 0 Å². The molecule has 0 aromatic heterocycles. The Labute approximate surface area is 120 Å². The first-order valence-corrected chi connectivity index (χ1v) is 8.61. The van der Waals surface area contributed by atoms with Crippen molar-refractivity contribution in [2.24, 2.45) is 0 Å². The van der Waals surface area contributed by atoms with Gasteiger partial charge in [0.15, 0.2) is 0 Å². The molecule has 2 aromatic carbocycles. The highest BCUT2D eigenvalue weighted by Gasteiger charge is 1.80. The highest BCUT2D eigenvalue weighted by Crippen LogP contribution is 2.11. The van der Waals surface area contributed by atoms with Crippen molar-refractivity contribution in [3.8, 4) is 0 Å². The van der Waals surface area contributed by atoms with Crippen LogP contribution in [-0.4, -0.2) is 18.8 Å². The minimum Gasteiger partial charge on any atom is -0.169 e. The molecule has 0 atom stereocenters. The van der Waals surface area contributed by atoms with Crippen LogP contribution in [0, 0.1) is 6.92 Å². The van der Waals surface area contributed by atoms with Gasteiger partial charge in [0, 0.05) is 4.90 Å². The molecule has 0 aliphatic rings. The van der Waals surface area contributed by atoms with E-state index in [9.17, 15) is 0 Å². The van der Waals surface area contributed by atoms with Crippen LogP contribution in [0.2, 0.25) is 0 Å². The van der Waals surface area contributed by atoms with Gasteiger partial charge < -0.3 is 0 Å². The summed E-state index contributed by atoms with van der Waals surface area (Å²) in [5, 5.41) is 0. The summed E-state index contributed by atoms with van der Waals surface area (Å²) in [6, 6.07) is 20.6. The lowest BCUT2D eigenvalue weighted by molar-refractivity contribution is 1.47. The number of thioether (sulfide) groups is 2. The second-order valence-electron chi connectivity index (χ2n) is 3.58. The fraction of sp³-hybridized carbons (Fsp3) is 0.250. The molecule has 0 saturated carbocycles. The third-order valence-corrected chi connectivity index (χ3v) is 2.66. The van der Waals surface area contributed by atoms with Crippen LogP contribution in [-0.2, 0) is 0 Å². The van der Waals surface area contributed by atoms with Gasteiger partial charge in [-0.15, -0.1) is 11.8 Å². The lowest BCUT2D eigenvalue weighted by Gasteiger charge is -1.89. The van der Waals surface area contributed by atoms with Gasteiger partial charge in [-0.2, -0.15) is 11.8 Å². The number of hydrogen-bond donors (Lipinski definition) is 0. The van der Waals surface area contributed by atoms with Gasteiger partial charge in [0.25, 0.3) is 0 Å². The largest absolute Gasteiger partial charge is 0.169 e. The van der Waals surface area contributed by atoms with E-state index in [1.165, 1.54) is 10.5 Å². The van der Waals surface area contributed by atoms with Crippen molar-refractivity contribution in [2.75, 3.05) is 18.8 Å². The first kappa shape index (κ1) is 17.1. The molecular formula is C16H22S2. The topological polar surface area (TPSA) is 0 Å². The number of hydrogen-bond acceptors (Lipinski definition) is 2. The van der Waals surface area contributed by atoms with E-state index in [1.807, 2.05) is 48.9 Å². The second kappa shape index (κ2) is 12.6. The average molecular weight is 278 g/mol. The van der Waals surface area contributed by atoms with Crippen LogP contribution in [0.4, 0.5) is 0 Å². The number of rotatable bonds is 1. The standard InChI is InChI=1S/C7H8S.C7H8.C2H6S/c1-8-7-5-3-2-4-6-7;1-7-5-3-2-4-6-7;1-3-2/h2-6H,1H3;2-6H,1H3;1-2H3. The molecule has 0 heterocycles. The van der Waals surface area contributed by atoms with Gasteiger partial charge in [-0.1, -0.05) is 54.1 Å². The highest BCUT2D eigenvalue weighted by atomic mass is 32.2. The van der Waals surface area contributed by atoms with Gasteiger partial charge >= 0.3 is 0 Å². The van der Waals surface area contributed by atoms with Crippen molar-refractivity contribution in [3.63, 3.8) is 0 Å². The van der Waals surface area contributed by atoms with E-state index in [0.29, 0.717) is 0 Å². The van der Waals surface area contributed by atoms with Crippen LogP contribution < -0.4 is 0 Å². The monoisotopic (exact) mass is 278 g/mol. The maximum atomic E-state index is 2.10. The fourth-order valence-corrected chi connectivity index (χ4v) is 1.52. The summed E-state index contributed by atoms with van der Waals surface area (Å²) < 4.78 is 0. The zero-order chi connectivity index (χ0) is 13.6. The lowest BCUT2D eigenvalue weighted by Crippen LogP contribution is -1.62. The Hall–Kier alpha value is -0.860. The van der Waals surface area contributed by atoms with E-state index in [1.54, 1.807) is 23.5 Å². The number of benzene rings is 2. The van der Waals surface area contributed by atoms with Gasteiger partial charge in [0.05, 0.1) is 0 Å². The summed E-state index contributed by atoms with van der Waals surface area (Å²) in [5.41, 5.74) is 1.32. The molecular weight excluding hydrogens is 256 g/mol. The molecule has 2 aromatic rings. The van der Waals surface area contributed by atoms with Crippen LogP contribution >= 0.6 is 23.5 Å². The molecule has 0 unspecified atom stereocenters. The molecule has 0 nitrogen and oxygen atoms in total. The molecule has 0 bridgehead atoms. The van der Waals surface area contributed by atoms with Gasteiger partial charge in [-0.3, -0.25) is 0 Å². The summed E-state index contributed by atoms with van der Waals surface area (Å²) in [7, 11) is 0. The Morgan fingerprint density at radius 1 is 0.667 bits per heavy atom. The molecule has 0 amide bonds. The van der Waals surface area contributed by atoms with E-state index < -0.39 is 0 Å². The lowest BCUT2D eigenvalue weighted by atomic mass is 10.2. The molecule has 0 spiro atoms. The Balaban J connectivity index is 0.000000267. The molecule has 0 aliphatic carbocycles. The molecule has 2 rings (SSSR count). The van der Waals surface area contributed by atoms with Crippen molar-refractivity contribution in [3.05, 3.63) is 66.2 Å². The van der Waals surface area contributed by atoms with Crippen LogP contribution in [0.25, 0.3) is 0 Å². The van der Waals surface area contributed by atoms with Crippen molar-refractivity contribution < 1.29 is 0 Å². The summed E-state index contributed by atoms with van der Waals surface area (Å²) in [5.74, 6) is 0. The minimum absolute atomic E-state index is 1.32. The molecule has 0 fully saturated rings. The zero-order valence-corrected chi connectivity index (χ0v) is 13.2. The van der Waals surface area contributed by atoms with Crippen LogP contribution in [0.5, 0.6) is 0 Å². The normalized spacial score (nSPS) is 8.44. The first-order valence-electron chi connectivity index (χ1n) is 5.75. The Morgan fingerprint density at radius 2 is 1.06 bits per heavy atom. The Kier molecular flexibility index (Phi) is 12.0. The van der Waals surface area contributed by atoms with Crippen molar-refractivity contribution >= 4 is 23.5 Å². The molecule has 0 radical (unpaired) electrons. The van der Waals surface area contributed by atoms with E-state index >= 15 is 0 Å². The van der Waals surface area contributed by atoms with Gasteiger partial charge in [0.2, 0.25) is 0 Å². The highest BCUT2D eigenvalue weighted by molar-refractivity contribution is 7.98. The third-order valence-electron chi connectivity index (χ3n) is 1.92. The predicted octanol–water partition coefficient (Wildman–Crippen LogP) is 5.38. The number of aryl methyl sites for hydroxylation is 1. The minimum atomic E-state index is 1.32. The average Bonchev–Trinajstić information content (AvgIpc) is 2.42. The van der Waals surface area contributed by atoms with E-state index in [2.05, 4.69) is 37.4 Å². The summed E-state index contributed by atoms with van der Waals surface area (Å²) >= 11 is 3.52. The molecule has 2 heteroatoms. The Morgan fingerprint density at radius 3 is 1.28 bits per heavy atom. The maximum absolute atomic E-state index is 2.10. The smallest absolute Gasteiger partial charge is 0.00691 e. The molecule has 0 aliphatic heterocycles. The molecule has 0 saturated heterocycles. The third kappa shape index (κ3) is 10.3. The van der Waals surface area contributed by atoms with Crippen molar-refractivity contribution in [1.82, 2.24) is 0 Å². The summed E-state index contributed by atoms with van der Waals surface area (Å²) in [6.07, 6.45) is 6.16. The predicted molar refractivity (Wildman–Crippen MR) is 88.8 cm³/mol. The summed E-state index contributed by atoms with van der Waals surface area (Å²) in [4.78, 5) is 1.33. The second-order valence-corrected chi connectivity index (χ2v) is 5.28. The quantitative estimate of drug-likeness (QED) is 0.642. The fourth-order valence-electron chi connectivity index (χ4n) is 1.09.